The van der Waals surface area contributed by atoms with Crippen molar-refractivity contribution in [2.45, 2.75) is 6.10 Å². The normalized spacial score (nSPS) is 17.6. The third-order valence-electron chi connectivity index (χ3n) is 2.93. The number of cyclic esters (lactones) is 1. The lowest BCUT2D eigenvalue weighted by atomic mass is 10.3. The molecule has 2 amide bonds. The summed E-state index contributed by atoms with van der Waals surface area (Å²) in [6.07, 6.45) is 3.56. The topological polar surface area (TPSA) is 84.4 Å². The van der Waals surface area contributed by atoms with Crippen LogP contribution in [0.3, 0.4) is 0 Å². The van der Waals surface area contributed by atoms with E-state index in [9.17, 15) is 9.59 Å². The van der Waals surface area contributed by atoms with E-state index >= 15 is 0 Å². The van der Waals surface area contributed by atoms with E-state index in [-0.39, 0.29) is 24.2 Å². The molecular formula is C13H12N4O3S. The van der Waals surface area contributed by atoms with E-state index in [1.54, 1.807) is 4.90 Å². The second-order valence-electron chi connectivity index (χ2n) is 4.37. The van der Waals surface area contributed by atoms with Gasteiger partial charge in [0.2, 0.25) is 0 Å². The van der Waals surface area contributed by atoms with Gasteiger partial charge in [0, 0.05) is 12.4 Å². The summed E-state index contributed by atoms with van der Waals surface area (Å²) in [6.45, 7) is 0.656. The number of thiophene rings is 1. The Kier molecular flexibility index (Phi) is 3.78. The summed E-state index contributed by atoms with van der Waals surface area (Å²) < 4.78 is 5.23. The number of aromatic nitrogens is 2. The first-order valence-corrected chi connectivity index (χ1v) is 7.18. The molecule has 1 N–H and O–H groups in total. The number of rotatable bonds is 4. The van der Waals surface area contributed by atoms with Crippen molar-refractivity contribution in [2.24, 2.45) is 0 Å². The fraction of sp³-hybridized carbons (Fsp3) is 0.231. The fourth-order valence-electron chi connectivity index (χ4n) is 1.94. The van der Waals surface area contributed by atoms with Crippen molar-refractivity contribution in [2.75, 3.05) is 18.0 Å². The first-order valence-electron chi connectivity index (χ1n) is 6.30. The highest BCUT2D eigenvalue weighted by Crippen LogP contribution is 2.25. The minimum atomic E-state index is -0.392. The van der Waals surface area contributed by atoms with Crippen LogP contribution in [0.25, 0.3) is 0 Å². The number of hydrogen-bond donors (Lipinski definition) is 1. The minimum absolute atomic E-state index is 0.233. The van der Waals surface area contributed by atoms with Crippen LogP contribution in [0, 0.1) is 0 Å². The molecule has 21 heavy (non-hydrogen) atoms. The van der Waals surface area contributed by atoms with Crippen LogP contribution < -0.4 is 10.2 Å². The van der Waals surface area contributed by atoms with E-state index in [4.69, 9.17) is 4.74 Å². The second-order valence-corrected chi connectivity index (χ2v) is 5.29. The van der Waals surface area contributed by atoms with E-state index in [0.717, 1.165) is 5.00 Å². The van der Waals surface area contributed by atoms with Gasteiger partial charge in [-0.15, -0.1) is 11.3 Å². The molecule has 1 aliphatic rings. The molecule has 0 bridgehead atoms. The van der Waals surface area contributed by atoms with Crippen LogP contribution in [0.15, 0.2) is 36.1 Å². The van der Waals surface area contributed by atoms with Crippen LogP contribution in [0.5, 0.6) is 0 Å². The summed E-state index contributed by atoms with van der Waals surface area (Å²) in [7, 11) is 0. The van der Waals surface area contributed by atoms with Crippen LogP contribution in [0.1, 0.15) is 10.5 Å². The zero-order valence-corrected chi connectivity index (χ0v) is 11.7. The summed E-state index contributed by atoms with van der Waals surface area (Å²) in [5.41, 5.74) is 0.233. The third kappa shape index (κ3) is 3.00. The van der Waals surface area contributed by atoms with Crippen LogP contribution in [-0.4, -0.2) is 41.2 Å². The molecule has 1 unspecified atom stereocenters. The highest BCUT2D eigenvalue weighted by Gasteiger charge is 2.33. The van der Waals surface area contributed by atoms with E-state index in [2.05, 4.69) is 15.3 Å². The number of nitrogens with zero attached hydrogens (tertiary/aromatic N) is 3. The number of carbonyl (C=O) groups is 2. The first-order chi connectivity index (χ1) is 10.2. The monoisotopic (exact) mass is 304 g/mol. The second kappa shape index (κ2) is 5.88. The summed E-state index contributed by atoms with van der Waals surface area (Å²) in [4.78, 5) is 32.9. The Morgan fingerprint density at radius 3 is 3.14 bits per heavy atom. The van der Waals surface area contributed by atoms with Crippen molar-refractivity contribution in [1.82, 2.24) is 15.3 Å². The fourth-order valence-corrected chi connectivity index (χ4v) is 2.67. The van der Waals surface area contributed by atoms with Crippen molar-refractivity contribution in [3.05, 3.63) is 41.8 Å². The number of hydrogen-bond acceptors (Lipinski definition) is 6. The Bertz CT molecular complexity index is 632. The minimum Gasteiger partial charge on any atom is -0.442 e. The van der Waals surface area contributed by atoms with Gasteiger partial charge in [0.15, 0.2) is 0 Å². The zero-order valence-electron chi connectivity index (χ0n) is 10.9. The molecule has 0 spiro atoms. The lowest BCUT2D eigenvalue weighted by Crippen LogP contribution is -2.34. The van der Waals surface area contributed by atoms with Gasteiger partial charge in [-0.25, -0.2) is 9.78 Å². The molecule has 0 aromatic carbocycles. The quantitative estimate of drug-likeness (QED) is 0.920. The number of anilines is 1. The Labute approximate surface area is 124 Å². The standard InChI is InChI=1S/C13H12N4O3S/c18-12(10-7-14-3-4-15-10)16-6-9-8-17(13(19)20-9)11-2-1-5-21-11/h1-5,7,9H,6,8H2,(H,16,18). The van der Waals surface area contributed by atoms with Gasteiger partial charge in [0.05, 0.1) is 19.3 Å². The molecule has 1 fully saturated rings. The maximum absolute atomic E-state index is 11.8. The smallest absolute Gasteiger partial charge is 0.415 e. The molecule has 2 aromatic heterocycles. The van der Waals surface area contributed by atoms with Gasteiger partial charge in [-0.1, -0.05) is 0 Å². The van der Waals surface area contributed by atoms with Gasteiger partial charge < -0.3 is 10.1 Å². The Balaban J connectivity index is 1.55. The molecule has 108 valence electrons. The molecule has 1 saturated heterocycles. The predicted octanol–water partition coefficient (Wildman–Crippen LogP) is 1.29. The molecular weight excluding hydrogens is 292 g/mol. The van der Waals surface area contributed by atoms with Crippen LogP contribution in [-0.2, 0) is 4.74 Å². The van der Waals surface area contributed by atoms with Gasteiger partial charge in [0.25, 0.3) is 5.91 Å². The summed E-state index contributed by atoms with van der Waals surface area (Å²) >= 11 is 1.47. The zero-order chi connectivity index (χ0) is 14.7. The number of carbonyl (C=O) groups excluding carboxylic acids is 2. The average Bonchev–Trinajstić information content (AvgIpc) is 3.15. The molecule has 0 aliphatic carbocycles. The van der Waals surface area contributed by atoms with Crippen molar-refractivity contribution in [3.63, 3.8) is 0 Å². The van der Waals surface area contributed by atoms with Crippen molar-refractivity contribution in [1.29, 1.82) is 0 Å². The summed E-state index contributed by atoms with van der Waals surface area (Å²) in [5.74, 6) is -0.339. The SMILES string of the molecule is O=C(NCC1CN(c2cccs2)C(=O)O1)c1cnccn1. The maximum Gasteiger partial charge on any atom is 0.415 e. The lowest BCUT2D eigenvalue weighted by molar-refractivity contribution is 0.0911. The molecule has 2 aromatic rings. The molecule has 0 saturated carbocycles. The molecule has 1 aliphatic heterocycles. The molecule has 0 radical (unpaired) electrons. The van der Waals surface area contributed by atoms with Crippen LogP contribution in [0.2, 0.25) is 0 Å². The molecule has 3 heterocycles. The Morgan fingerprint density at radius 2 is 2.43 bits per heavy atom. The molecule has 8 heteroatoms. The summed E-state index contributed by atoms with van der Waals surface area (Å²) in [6, 6.07) is 3.73. The number of nitrogens with one attached hydrogen (secondary N) is 1. The van der Waals surface area contributed by atoms with Gasteiger partial charge in [0.1, 0.15) is 16.8 Å². The molecule has 1 atom stereocenters. The number of amides is 2. The highest BCUT2D eigenvalue weighted by atomic mass is 32.1. The van der Waals surface area contributed by atoms with Gasteiger partial charge >= 0.3 is 6.09 Å². The van der Waals surface area contributed by atoms with Gasteiger partial charge in [-0.2, -0.15) is 0 Å². The van der Waals surface area contributed by atoms with Crippen molar-refractivity contribution >= 4 is 28.3 Å². The van der Waals surface area contributed by atoms with Crippen LogP contribution >= 0.6 is 11.3 Å². The Morgan fingerprint density at radius 1 is 1.52 bits per heavy atom. The van der Waals surface area contributed by atoms with Gasteiger partial charge in [-0.05, 0) is 17.5 Å². The average molecular weight is 304 g/mol. The van der Waals surface area contributed by atoms with Crippen LogP contribution in [0.4, 0.5) is 9.80 Å². The lowest BCUT2D eigenvalue weighted by Gasteiger charge is -2.10. The first kappa shape index (κ1) is 13.5. The van der Waals surface area contributed by atoms with Gasteiger partial charge in [-0.3, -0.25) is 14.7 Å². The van der Waals surface area contributed by atoms with Crippen molar-refractivity contribution in [3.8, 4) is 0 Å². The number of ether oxygens (including phenoxy) is 1. The van der Waals surface area contributed by atoms with Crippen molar-refractivity contribution < 1.29 is 14.3 Å². The summed E-state index contributed by atoms with van der Waals surface area (Å²) in [5, 5.41) is 5.42. The highest BCUT2D eigenvalue weighted by molar-refractivity contribution is 7.14. The predicted molar refractivity (Wildman–Crippen MR) is 76.3 cm³/mol. The molecule has 3 rings (SSSR count). The van der Waals surface area contributed by atoms with E-state index < -0.39 is 6.09 Å². The Hall–Kier alpha value is -2.48. The van der Waals surface area contributed by atoms with E-state index in [1.807, 2.05) is 17.5 Å². The third-order valence-corrected chi connectivity index (χ3v) is 3.82. The van der Waals surface area contributed by atoms with E-state index in [0.29, 0.717) is 6.54 Å². The molecule has 7 nitrogen and oxygen atoms in total. The van der Waals surface area contributed by atoms with E-state index in [1.165, 1.54) is 29.9 Å². The largest absolute Gasteiger partial charge is 0.442 e. The maximum atomic E-state index is 11.8.